The van der Waals surface area contributed by atoms with E-state index in [1.165, 1.54) is 55.7 Å². The Morgan fingerprint density at radius 1 is 0.971 bits per heavy atom. The zero-order valence-corrected chi connectivity index (χ0v) is 18.6. The third-order valence-electron chi connectivity index (χ3n) is 4.65. The molecule has 0 saturated carbocycles. The van der Waals surface area contributed by atoms with Crippen LogP contribution in [0.4, 0.5) is 15.8 Å². The molecule has 2 amide bonds. The number of carbonyl (C=O) groups excluding carboxylic acids is 3. The zero-order chi connectivity index (χ0) is 25.2. The molecule has 176 valence electrons. The van der Waals surface area contributed by atoms with E-state index >= 15 is 0 Å². The average Bonchev–Trinajstić information content (AvgIpc) is 2.87. The molecule has 0 heterocycles. The maximum Gasteiger partial charge on any atom is 0.337 e. The van der Waals surface area contributed by atoms with Gasteiger partial charge in [0.15, 0.2) is 6.61 Å². The van der Waals surface area contributed by atoms with Crippen LogP contribution in [0, 0.1) is 17.1 Å². The first-order chi connectivity index (χ1) is 16.9. The fraction of sp³-hybridized carbons (Fsp3) is 0.0769. The molecule has 2 N–H and O–H groups in total. The predicted molar refractivity (Wildman–Crippen MR) is 127 cm³/mol. The lowest BCUT2D eigenvalue weighted by Gasteiger charge is -2.11. The number of benzene rings is 3. The van der Waals surface area contributed by atoms with E-state index < -0.39 is 30.2 Å². The SMILES string of the molecule is COC(=O)c1ccc(NC(=O)/C(C#N)=C\c2ccccc2OCC(=O)Nc2ccccc2F)cc1. The van der Waals surface area contributed by atoms with Gasteiger partial charge in [-0.25, -0.2) is 9.18 Å². The smallest absolute Gasteiger partial charge is 0.337 e. The molecule has 3 aromatic rings. The Hall–Kier alpha value is -4.97. The highest BCUT2D eigenvalue weighted by Gasteiger charge is 2.13. The van der Waals surface area contributed by atoms with Gasteiger partial charge in [0.1, 0.15) is 23.2 Å². The first-order valence-corrected chi connectivity index (χ1v) is 10.3. The molecule has 0 aliphatic carbocycles. The van der Waals surface area contributed by atoms with E-state index in [0.717, 1.165) is 0 Å². The van der Waals surface area contributed by atoms with E-state index in [2.05, 4.69) is 15.4 Å². The van der Waals surface area contributed by atoms with Gasteiger partial charge in [0.2, 0.25) is 0 Å². The number of amides is 2. The lowest BCUT2D eigenvalue weighted by molar-refractivity contribution is -0.118. The molecule has 0 fully saturated rings. The summed E-state index contributed by atoms with van der Waals surface area (Å²) in [5, 5.41) is 14.5. The van der Waals surface area contributed by atoms with Crippen LogP contribution in [0.2, 0.25) is 0 Å². The second-order valence-corrected chi connectivity index (χ2v) is 7.05. The van der Waals surface area contributed by atoms with Crippen LogP contribution in [0.1, 0.15) is 15.9 Å². The summed E-state index contributed by atoms with van der Waals surface area (Å²) in [5.74, 6) is -2.10. The summed E-state index contributed by atoms with van der Waals surface area (Å²) in [4.78, 5) is 36.3. The minimum atomic E-state index is -0.676. The monoisotopic (exact) mass is 473 g/mol. The number of nitrogens with zero attached hydrogens (tertiary/aromatic N) is 1. The number of hydrogen-bond acceptors (Lipinski definition) is 6. The highest BCUT2D eigenvalue weighted by molar-refractivity contribution is 6.10. The zero-order valence-electron chi connectivity index (χ0n) is 18.6. The number of esters is 1. The lowest BCUT2D eigenvalue weighted by atomic mass is 10.1. The van der Waals surface area contributed by atoms with Crippen LogP contribution in [-0.4, -0.2) is 31.5 Å². The molecule has 0 aliphatic heterocycles. The maximum atomic E-state index is 13.7. The number of ether oxygens (including phenoxy) is 2. The summed E-state index contributed by atoms with van der Waals surface area (Å²) in [6, 6.07) is 20.1. The molecular weight excluding hydrogens is 453 g/mol. The number of carbonyl (C=O) groups is 3. The van der Waals surface area contributed by atoms with Gasteiger partial charge < -0.3 is 20.1 Å². The molecule has 9 heteroatoms. The Kier molecular flexibility index (Phi) is 8.29. The summed E-state index contributed by atoms with van der Waals surface area (Å²) in [7, 11) is 1.26. The third-order valence-corrected chi connectivity index (χ3v) is 4.65. The van der Waals surface area contributed by atoms with Crippen molar-refractivity contribution in [2.24, 2.45) is 0 Å². The van der Waals surface area contributed by atoms with Gasteiger partial charge in [0, 0.05) is 11.3 Å². The number of para-hydroxylation sites is 2. The van der Waals surface area contributed by atoms with Gasteiger partial charge in [-0.15, -0.1) is 0 Å². The Bertz CT molecular complexity index is 1310. The Morgan fingerprint density at radius 3 is 2.34 bits per heavy atom. The van der Waals surface area contributed by atoms with Crippen molar-refractivity contribution in [2.45, 2.75) is 0 Å². The largest absolute Gasteiger partial charge is 0.483 e. The van der Waals surface area contributed by atoms with E-state index in [1.807, 2.05) is 6.07 Å². The van der Waals surface area contributed by atoms with Crippen molar-refractivity contribution >= 4 is 35.2 Å². The molecule has 0 spiro atoms. The van der Waals surface area contributed by atoms with Gasteiger partial charge >= 0.3 is 5.97 Å². The van der Waals surface area contributed by atoms with Gasteiger partial charge in [-0.2, -0.15) is 5.26 Å². The summed E-state index contributed by atoms with van der Waals surface area (Å²) < 4.78 is 23.9. The van der Waals surface area contributed by atoms with Crippen molar-refractivity contribution in [3.8, 4) is 11.8 Å². The number of nitriles is 1. The van der Waals surface area contributed by atoms with Gasteiger partial charge in [-0.05, 0) is 48.5 Å². The number of halogens is 1. The Labute approximate surface area is 200 Å². The summed E-state index contributed by atoms with van der Waals surface area (Å²) >= 11 is 0. The molecule has 0 bridgehead atoms. The van der Waals surface area contributed by atoms with Crippen LogP contribution < -0.4 is 15.4 Å². The van der Waals surface area contributed by atoms with Gasteiger partial charge in [0.05, 0.1) is 18.4 Å². The normalized spacial score (nSPS) is 10.6. The molecule has 0 unspecified atom stereocenters. The fourth-order valence-electron chi connectivity index (χ4n) is 2.93. The van der Waals surface area contributed by atoms with Gasteiger partial charge in [-0.3, -0.25) is 9.59 Å². The van der Waals surface area contributed by atoms with Crippen LogP contribution in [0.5, 0.6) is 5.75 Å². The van der Waals surface area contributed by atoms with Gasteiger partial charge in [0.25, 0.3) is 11.8 Å². The minimum Gasteiger partial charge on any atom is -0.483 e. The van der Waals surface area contributed by atoms with Gasteiger partial charge in [-0.1, -0.05) is 30.3 Å². The summed E-state index contributed by atoms with van der Waals surface area (Å²) in [6.07, 6.45) is 1.32. The first kappa shape index (κ1) is 24.7. The van der Waals surface area contributed by atoms with E-state index in [-0.39, 0.29) is 17.0 Å². The van der Waals surface area contributed by atoms with Crippen molar-refractivity contribution in [2.75, 3.05) is 24.4 Å². The second kappa shape index (κ2) is 11.8. The van der Waals surface area contributed by atoms with Crippen molar-refractivity contribution in [1.82, 2.24) is 0 Å². The van der Waals surface area contributed by atoms with Crippen LogP contribution in [0.25, 0.3) is 6.08 Å². The van der Waals surface area contributed by atoms with Crippen molar-refractivity contribution < 1.29 is 28.2 Å². The Morgan fingerprint density at radius 2 is 1.66 bits per heavy atom. The molecule has 0 atom stereocenters. The maximum absolute atomic E-state index is 13.7. The second-order valence-electron chi connectivity index (χ2n) is 7.05. The molecular formula is C26H20FN3O5. The molecule has 8 nitrogen and oxygen atoms in total. The molecule has 0 radical (unpaired) electrons. The topological polar surface area (TPSA) is 118 Å². The van der Waals surface area contributed by atoms with E-state index in [9.17, 15) is 24.0 Å². The number of hydrogen-bond donors (Lipinski definition) is 2. The fourth-order valence-corrected chi connectivity index (χ4v) is 2.93. The van der Waals surface area contributed by atoms with Crippen LogP contribution >= 0.6 is 0 Å². The standard InChI is InChI=1S/C26H20FN3O5/c1-34-26(33)17-10-12-20(13-11-17)29-25(32)19(15-28)14-18-6-2-5-9-23(18)35-16-24(31)30-22-8-4-3-7-21(22)27/h2-14H,16H2,1H3,(H,29,32)(H,30,31)/b19-14-. The minimum absolute atomic E-state index is 0.0253. The highest BCUT2D eigenvalue weighted by Crippen LogP contribution is 2.22. The van der Waals surface area contributed by atoms with E-state index in [4.69, 9.17) is 4.74 Å². The van der Waals surface area contributed by atoms with Crippen LogP contribution in [0.3, 0.4) is 0 Å². The molecule has 0 saturated heterocycles. The molecule has 3 aromatic carbocycles. The number of rotatable bonds is 8. The highest BCUT2D eigenvalue weighted by atomic mass is 19.1. The number of methoxy groups -OCH3 is 1. The molecule has 35 heavy (non-hydrogen) atoms. The predicted octanol–water partition coefficient (Wildman–Crippen LogP) is 4.18. The summed E-state index contributed by atoms with van der Waals surface area (Å²) in [5.41, 5.74) is 0.884. The first-order valence-electron chi connectivity index (χ1n) is 10.3. The van der Waals surface area contributed by atoms with Crippen molar-refractivity contribution in [3.63, 3.8) is 0 Å². The Balaban J connectivity index is 1.69. The van der Waals surface area contributed by atoms with Crippen molar-refractivity contribution in [3.05, 3.63) is 95.3 Å². The van der Waals surface area contributed by atoms with Crippen LogP contribution in [0.15, 0.2) is 78.4 Å². The third kappa shape index (κ3) is 6.76. The number of anilines is 2. The van der Waals surface area contributed by atoms with E-state index in [1.54, 1.807) is 30.3 Å². The summed E-state index contributed by atoms with van der Waals surface area (Å²) in [6.45, 7) is -0.417. The van der Waals surface area contributed by atoms with Crippen LogP contribution in [-0.2, 0) is 14.3 Å². The molecule has 0 aromatic heterocycles. The number of nitrogens with one attached hydrogen (secondary N) is 2. The molecule has 3 rings (SSSR count). The quantitative estimate of drug-likeness (QED) is 0.288. The molecule has 0 aliphatic rings. The average molecular weight is 473 g/mol. The van der Waals surface area contributed by atoms with Crippen molar-refractivity contribution in [1.29, 1.82) is 5.26 Å². The lowest BCUT2D eigenvalue weighted by Crippen LogP contribution is -2.21. The van der Waals surface area contributed by atoms with E-state index in [0.29, 0.717) is 16.8 Å².